The molecule has 2 aromatic heterocycles. The fourth-order valence-electron chi connectivity index (χ4n) is 3.05. The molecular weight excluding hydrogens is 344 g/mol. The summed E-state index contributed by atoms with van der Waals surface area (Å²) < 4.78 is 1.99. The molecule has 6 heteroatoms. The number of benzene rings is 1. The van der Waals surface area contributed by atoms with E-state index in [-0.39, 0.29) is 11.3 Å². The number of carbonyl (C=O) groups excluding carboxylic acids is 1. The first kappa shape index (κ1) is 18.6. The van der Waals surface area contributed by atoms with E-state index in [9.17, 15) is 4.79 Å². The molecular formula is C20H26N4OS. The summed E-state index contributed by atoms with van der Waals surface area (Å²) in [5, 5.41) is 5.70. The molecule has 0 atom stereocenters. The molecule has 0 spiro atoms. The van der Waals surface area contributed by atoms with Gasteiger partial charge in [0.05, 0.1) is 17.1 Å². The van der Waals surface area contributed by atoms with Crippen LogP contribution in [0.2, 0.25) is 0 Å². The van der Waals surface area contributed by atoms with Crippen LogP contribution in [0.3, 0.4) is 0 Å². The van der Waals surface area contributed by atoms with Crippen molar-refractivity contribution in [1.29, 1.82) is 0 Å². The summed E-state index contributed by atoms with van der Waals surface area (Å²) in [6.45, 7) is 8.02. The van der Waals surface area contributed by atoms with Crippen molar-refractivity contribution in [2.24, 2.45) is 11.1 Å². The SMILES string of the molecule is Cc1nn(Cc2ccccc2)c2sc(C(=O)N(C)CC(C)(C)CN)cc12. The van der Waals surface area contributed by atoms with Crippen LogP contribution in [0.15, 0.2) is 36.4 Å². The normalized spacial score (nSPS) is 11.9. The van der Waals surface area contributed by atoms with E-state index < -0.39 is 0 Å². The molecule has 0 saturated carbocycles. The highest BCUT2D eigenvalue weighted by atomic mass is 32.1. The standard InChI is InChI=1S/C20H26N4OS/c1-14-16-10-17(18(25)23(4)13-20(2,3)12-21)26-19(16)24(22-14)11-15-8-6-5-7-9-15/h5-10H,11-13,21H2,1-4H3. The van der Waals surface area contributed by atoms with Gasteiger partial charge in [0, 0.05) is 19.0 Å². The predicted molar refractivity (Wildman–Crippen MR) is 108 cm³/mol. The summed E-state index contributed by atoms with van der Waals surface area (Å²) in [6, 6.07) is 12.2. The Morgan fingerprint density at radius 1 is 1.31 bits per heavy atom. The van der Waals surface area contributed by atoms with Gasteiger partial charge in [-0.05, 0) is 30.5 Å². The fraction of sp³-hybridized carbons (Fsp3) is 0.400. The summed E-state index contributed by atoms with van der Waals surface area (Å²) in [4.78, 5) is 16.4. The number of hydrogen-bond acceptors (Lipinski definition) is 4. The van der Waals surface area contributed by atoms with Gasteiger partial charge in [0.1, 0.15) is 4.83 Å². The first-order chi connectivity index (χ1) is 12.3. The molecule has 0 aliphatic rings. The molecule has 0 bridgehead atoms. The van der Waals surface area contributed by atoms with Crippen LogP contribution in [-0.2, 0) is 6.54 Å². The van der Waals surface area contributed by atoms with Crippen LogP contribution in [0.4, 0.5) is 0 Å². The number of nitrogens with two attached hydrogens (primary N) is 1. The quantitative estimate of drug-likeness (QED) is 0.722. The summed E-state index contributed by atoms with van der Waals surface area (Å²) in [7, 11) is 1.84. The summed E-state index contributed by atoms with van der Waals surface area (Å²) in [5.41, 5.74) is 7.86. The number of aryl methyl sites for hydroxylation is 1. The van der Waals surface area contributed by atoms with Gasteiger partial charge in [0.25, 0.3) is 5.91 Å². The van der Waals surface area contributed by atoms with Crippen LogP contribution in [0.25, 0.3) is 10.2 Å². The van der Waals surface area contributed by atoms with Crippen molar-refractivity contribution in [3.63, 3.8) is 0 Å². The smallest absolute Gasteiger partial charge is 0.263 e. The monoisotopic (exact) mass is 370 g/mol. The Morgan fingerprint density at radius 3 is 2.65 bits per heavy atom. The maximum absolute atomic E-state index is 12.9. The molecule has 3 rings (SSSR count). The lowest BCUT2D eigenvalue weighted by Crippen LogP contribution is -2.39. The molecule has 0 aliphatic heterocycles. The Morgan fingerprint density at radius 2 is 2.00 bits per heavy atom. The van der Waals surface area contributed by atoms with Crippen molar-refractivity contribution in [3.05, 3.63) is 52.5 Å². The number of rotatable bonds is 6. The number of aromatic nitrogens is 2. The summed E-state index contributed by atoms with van der Waals surface area (Å²) >= 11 is 1.51. The minimum Gasteiger partial charge on any atom is -0.340 e. The molecule has 2 heterocycles. The van der Waals surface area contributed by atoms with Gasteiger partial charge in [-0.1, -0.05) is 44.2 Å². The van der Waals surface area contributed by atoms with Gasteiger partial charge in [-0.25, -0.2) is 0 Å². The lowest BCUT2D eigenvalue weighted by Gasteiger charge is -2.28. The fourth-order valence-corrected chi connectivity index (χ4v) is 4.20. The minimum absolute atomic E-state index is 0.0402. The molecule has 0 aliphatic carbocycles. The van der Waals surface area contributed by atoms with E-state index >= 15 is 0 Å². The highest BCUT2D eigenvalue weighted by molar-refractivity contribution is 7.20. The highest BCUT2D eigenvalue weighted by Crippen LogP contribution is 2.30. The average Bonchev–Trinajstić information content (AvgIpc) is 3.16. The van der Waals surface area contributed by atoms with Gasteiger partial charge in [-0.15, -0.1) is 11.3 Å². The second kappa shape index (κ2) is 7.21. The van der Waals surface area contributed by atoms with Gasteiger partial charge in [-0.2, -0.15) is 5.10 Å². The molecule has 5 nitrogen and oxygen atoms in total. The molecule has 1 amide bonds. The van der Waals surface area contributed by atoms with Crippen LogP contribution >= 0.6 is 11.3 Å². The van der Waals surface area contributed by atoms with Gasteiger partial charge in [-0.3, -0.25) is 9.48 Å². The summed E-state index contributed by atoms with van der Waals surface area (Å²) in [6.07, 6.45) is 0. The lowest BCUT2D eigenvalue weighted by molar-refractivity contribution is 0.0745. The Kier molecular flexibility index (Phi) is 5.16. The van der Waals surface area contributed by atoms with Crippen molar-refractivity contribution >= 4 is 27.5 Å². The van der Waals surface area contributed by atoms with E-state index in [1.54, 1.807) is 4.90 Å². The maximum atomic E-state index is 12.9. The summed E-state index contributed by atoms with van der Waals surface area (Å²) in [5.74, 6) is 0.0402. The number of thiophene rings is 1. The van der Waals surface area contributed by atoms with Crippen LogP contribution in [0, 0.1) is 12.3 Å². The Hall–Kier alpha value is -2.18. The highest BCUT2D eigenvalue weighted by Gasteiger charge is 2.24. The number of carbonyl (C=O) groups is 1. The first-order valence-corrected chi connectivity index (χ1v) is 9.59. The third kappa shape index (κ3) is 3.81. The first-order valence-electron chi connectivity index (χ1n) is 8.77. The van der Waals surface area contributed by atoms with Crippen molar-refractivity contribution in [1.82, 2.24) is 14.7 Å². The van der Waals surface area contributed by atoms with Crippen LogP contribution < -0.4 is 5.73 Å². The van der Waals surface area contributed by atoms with E-state index in [1.165, 1.54) is 16.9 Å². The zero-order chi connectivity index (χ0) is 18.9. The zero-order valence-corrected chi connectivity index (χ0v) is 16.6. The third-order valence-corrected chi connectivity index (χ3v) is 5.69. The van der Waals surface area contributed by atoms with E-state index in [2.05, 4.69) is 31.1 Å². The van der Waals surface area contributed by atoms with Crippen molar-refractivity contribution in [2.45, 2.75) is 27.3 Å². The molecule has 2 N–H and O–H groups in total. The van der Waals surface area contributed by atoms with E-state index in [0.29, 0.717) is 19.6 Å². The van der Waals surface area contributed by atoms with E-state index in [4.69, 9.17) is 5.73 Å². The second-order valence-electron chi connectivity index (χ2n) is 7.59. The molecule has 0 unspecified atom stereocenters. The van der Waals surface area contributed by atoms with Gasteiger partial charge < -0.3 is 10.6 Å². The number of fused-ring (bicyclic) bond motifs is 1. The molecule has 0 saturated heterocycles. The predicted octanol–water partition coefficient (Wildman–Crippen LogP) is 3.51. The lowest BCUT2D eigenvalue weighted by atomic mass is 9.93. The van der Waals surface area contributed by atoms with Crippen LogP contribution in [-0.4, -0.2) is 40.7 Å². The number of nitrogens with zero attached hydrogens (tertiary/aromatic N) is 3. The molecule has 3 aromatic rings. The second-order valence-corrected chi connectivity index (χ2v) is 8.62. The Bertz CT molecular complexity index is 911. The van der Waals surface area contributed by atoms with Crippen molar-refractivity contribution in [2.75, 3.05) is 20.1 Å². The molecule has 26 heavy (non-hydrogen) atoms. The van der Waals surface area contributed by atoms with Gasteiger partial charge in [0.2, 0.25) is 0 Å². The molecule has 0 fully saturated rings. The molecule has 1 aromatic carbocycles. The maximum Gasteiger partial charge on any atom is 0.263 e. The van der Waals surface area contributed by atoms with E-state index in [1.807, 2.05) is 42.9 Å². The number of amides is 1. The van der Waals surface area contributed by atoms with Gasteiger partial charge >= 0.3 is 0 Å². The van der Waals surface area contributed by atoms with Crippen LogP contribution in [0.1, 0.15) is 34.8 Å². The largest absolute Gasteiger partial charge is 0.340 e. The van der Waals surface area contributed by atoms with Crippen molar-refractivity contribution in [3.8, 4) is 0 Å². The minimum atomic E-state index is -0.0961. The zero-order valence-electron chi connectivity index (χ0n) is 15.8. The van der Waals surface area contributed by atoms with Crippen LogP contribution in [0.5, 0.6) is 0 Å². The average molecular weight is 371 g/mol. The topological polar surface area (TPSA) is 64.2 Å². The number of hydrogen-bond donors (Lipinski definition) is 1. The Labute approximate surface area is 158 Å². The Balaban J connectivity index is 1.87. The van der Waals surface area contributed by atoms with Crippen molar-refractivity contribution < 1.29 is 4.79 Å². The third-order valence-electron chi connectivity index (χ3n) is 4.56. The molecule has 0 radical (unpaired) electrons. The van der Waals surface area contributed by atoms with E-state index in [0.717, 1.165) is 20.8 Å². The molecule has 138 valence electrons. The van der Waals surface area contributed by atoms with Gasteiger partial charge in [0.15, 0.2) is 0 Å².